The minimum absolute atomic E-state index is 0.0550. The molecule has 1 aromatic carbocycles. The number of nitrogens with one attached hydrogen (secondary N) is 1. The van der Waals surface area contributed by atoms with E-state index in [1.54, 1.807) is 0 Å². The molecule has 1 aromatic heterocycles. The number of nitrogens with zero attached hydrogens (tertiary/aromatic N) is 2. The number of nitrogens with two attached hydrogens (primary N) is 1. The van der Waals surface area contributed by atoms with Gasteiger partial charge in [0.25, 0.3) is 5.91 Å². The molecule has 5 nitrogen and oxygen atoms in total. The maximum absolute atomic E-state index is 12.4. The van der Waals surface area contributed by atoms with Gasteiger partial charge in [-0.1, -0.05) is 22.0 Å². The van der Waals surface area contributed by atoms with Crippen molar-refractivity contribution in [2.45, 2.75) is 32.2 Å². The van der Waals surface area contributed by atoms with Crippen molar-refractivity contribution in [1.29, 1.82) is 0 Å². The van der Waals surface area contributed by atoms with Crippen molar-refractivity contribution in [2.75, 3.05) is 6.54 Å². The summed E-state index contributed by atoms with van der Waals surface area (Å²) < 4.78 is 2.89. The zero-order valence-electron chi connectivity index (χ0n) is 12.5. The number of hydrogen-bond acceptors (Lipinski definition) is 3. The summed E-state index contributed by atoms with van der Waals surface area (Å²) in [6, 6.07) is 7.90. The molecule has 0 saturated carbocycles. The van der Waals surface area contributed by atoms with Crippen LogP contribution in [0.1, 0.15) is 35.1 Å². The van der Waals surface area contributed by atoms with Gasteiger partial charge < -0.3 is 11.1 Å². The SMILES string of the molecule is C[C@@H](CN)NC(=O)c1nn(-c2cccc(Br)c2)c2c1CCC2. The van der Waals surface area contributed by atoms with Crippen LogP contribution in [0.3, 0.4) is 0 Å². The molecule has 1 heterocycles. The van der Waals surface area contributed by atoms with Crippen LogP contribution in [-0.4, -0.2) is 28.3 Å². The number of rotatable bonds is 4. The first-order valence-electron chi connectivity index (χ1n) is 7.47. The van der Waals surface area contributed by atoms with E-state index in [-0.39, 0.29) is 11.9 Å². The second-order valence-electron chi connectivity index (χ2n) is 5.63. The van der Waals surface area contributed by atoms with Gasteiger partial charge in [-0.25, -0.2) is 4.68 Å². The fourth-order valence-corrected chi connectivity index (χ4v) is 3.18. The van der Waals surface area contributed by atoms with Crippen molar-refractivity contribution in [3.8, 4) is 5.69 Å². The number of amides is 1. The highest BCUT2D eigenvalue weighted by atomic mass is 79.9. The van der Waals surface area contributed by atoms with E-state index in [2.05, 4.69) is 26.3 Å². The van der Waals surface area contributed by atoms with Gasteiger partial charge in [0.05, 0.1) is 5.69 Å². The van der Waals surface area contributed by atoms with Gasteiger partial charge in [0.2, 0.25) is 0 Å². The average Bonchev–Trinajstić information content (AvgIpc) is 3.08. The molecular weight excluding hydrogens is 344 g/mol. The smallest absolute Gasteiger partial charge is 0.272 e. The summed E-state index contributed by atoms with van der Waals surface area (Å²) in [5.41, 5.74) is 9.30. The normalized spacial score (nSPS) is 14.7. The molecule has 6 heteroatoms. The molecular formula is C16H19BrN4O. The van der Waals surface area contributed by atoms with Crippen LogP contribution >= 0.6 is 15.9 Å². The van der Waals surface area contributed by atoms with Crippen LogP contribution < -0.4 is 11.1 Å². The van der Waals surface area contributed by atoms with Crippen LogP contribution in [-0.2, 0) is 12.8 Å². The third kappa shape index (κ3) is 2.80. The molecule has 1 aliphatic rings. The Hall–Kier alpha value is -1.66. The topological polar surface area (TPSA) is 72.9 Å². The van der Waals surface area contributed by atoms with Crippen molar-refractivity contribution in [2.24, 2.45) is 5.73 Å². The van der Waals surface area contributed by atoms with Crippen LogP contribution in [0.15, 0.2) is 28.7 Å². The average molecular weight is 363 g/mol. The Morgan fingerprint density at radius 3 is 3.05 bits per heavy atom. The van der Waals surface area contributed by atoms with Gasteiger partial charge in [-0.2, -0.15) is 5.10 Å². The van der Waals surface area contributed by atoms with Crippen LogP contribution in [0.4, 0.5) is 0 Å². The Kier molecular flexibility index (Phi) is 4.31. The number of fused-ring (bicyclic) bond motifs is 1. The van der Waals surface area contributed by atoms with E-state index < -0.39 is 0 Å². The maximum Gasteiger partial charge on any atom is 0.272 e. The summed E-state index contributed by atoms with van der Waals surface area (Å²) in [5.74, 6) is -0.134. The molecule has 0 radical (unpaired) electrons. The number of aromatic nitrogens is 2. The van der Waals surface area contributed by atoms with E-state index in [0.29, 0.717) is 12.2 Å². The third-order valence-corrected chi connectivity index (χ3v) is 4.42. The number of carbonyl (C=O) groups is 1. The standard InChI is InChI=1S/C16H19BrN4O/c1-10(9-18)19-16(22)15-13-6-3-7-14(13)21(20-15)12-5-2-4-11(17)8-12/h2,4-5,8,10H,3,6-7,9,18H2,1H3,(H,19,22)/t10-/m0/s1. The van der Waals surface area contributed by atoms with Crippen LogP contribution in [0.25, 0.3) is 5.69 Å². The number of benzene rings is 1. The highest BCUT2D eigenvalue weighted by molar-refractivity contribution is 9.10. The molecule has 3 rings (SSSR count). The van der Waals surface area contributed by atoms with Crippen LogP contribution in [0.5, 0.6) is 0 Å². The lowest BCUT2D eigenvalue weighted by molar-refractivity contribution is 0.0935. The number of halogens is 1. The lowest BCUT2D eigenvalue weighted by Crippen LogP contribution is -2.38. The summed E-state index contributed by atoms with van der Waals surface area (Å²) in [6.45, 7) is 2.31. The van der Waals surface area contributed by atoms with Gasteiger partial charge in [0, 0.05) is 28.3 Å². The minimum atomic E-state index is -0.134. The Morgan fingerprint density at radius 1 is 1.50 bits per heavy atom. The van der Waals surface area contributed by atoms with E-state index in [9.17, 15) is 4.79 Å². The molecule has 0 saturated heterocycles. The number of carbonyl (C=O) groups excluding carboxylic acids is 1. The van der Waals surface area contributed by atoms with Gasteiger partial charge in [0.15, 0.2) is 5.69 Å². The van der Waals surface area contributed by atoms with Crippen molar-refractivity contribution >= 4 is 21.8 Å². The summed E-state index contributed by atoms with van der Waals surface area (Å²) >= 11 is 3.48. The van der Waals surface area contributed by atoms with Crippen LogP contribution in [0.2, 0.25) is 0 Å². The lowest BCUT2D eigenvalue weighted by Gasteiger charge is -2.10. The Morgan fingerprint density at radius 2 is 2.32 bits per heavy atom. The van der Waals surface area contributed by atoms with Crippen molar-refractivity contribution in [1.82, 2.24) is 15.1 Å². The first kappa shape index (κ1) is 15.2. The monoisotopic (exact) mass is 362 g/mol. The molecule has 1 aliphatic carbocycles. The predicted molar refractivity (Wildman–Crippen MR) is 89.3 cm³/mol. The highest BCUT2D eigenvalue weighted by Crippen LogP contribution is 2.28. The quantitative estimate of drug-likeness (QED) is 0.875. The zero-order valence-corrected chi connectivity index (χ0v) is 14.1. The van der Waals surface area contributed by atoms with Crippen molar-refractivity contribution in [3.63, 3.8) is 0 Å². The molecule has 0 fully saturated rings. The number of hydrogen-bond donors (Lipinski definition) is 2. The molecule has 0 bridgehead atoms. The zero-order chi connectivity index (χ0) is 15.7. The Bertz CT molecular complexity index is 710. The molecule has 1 amide bonds. The van der Waals surface area contributed by atoms with Crippen molar-refractivity contribution < 1.29 is 4.79 Å². The Labute approximate surface area is 138 Å². The maximum atomic E-state index is 12.4. The molecule has 0 unspecified atom stereocenters. The van der Waals surface area contributed by atoms with E-state index in [0.717, 1.165) is 40.7 Å². The summed E-state index contributed by atoms with van der Waals surface area (Å²) in [5, 5.41) is 7.48. The van der Waals surface area contributed by atoms with Gasteiger partial charge in [-0.15, -0.1) is 0 Å². The summed E-state index contributed by atoms with van der Waals surface area (Å²) in [4.78, 5) is 12.4. The minimum Gasteiger partial charge on any atom is -0.347 e. The molecule has 22 heavy (non-hydrogen) atoms. The lowest BCUT2D eigenvalue weighted by atomic mass is 10.2. The van der Waals surface area contributed by atoms with E-state index in [1.807, 2.05) is 35.9 Å². The van der Waals surface area contributed by atoms with Crippen LogP contribution in [0, 0.1) is 0 Å². The molecule has 0 aliphatic heterocycles. The van der Waals surface area contributed by atoms with Gasteiger partial charge in [-0.3, -0.25) is 4.79 Å². The van der Waals surface area contributed by atoms with Gasteiger partial charge in [0.1, 0.15) is 0 Å². The molecule has 3 N–H and O–H groups in total. The molecule has 1 atom stereocenters. The van der Waals surface area contributed by atoms with E-state index >= 15 is 0 Å². The summed E-state index contributed by atoms with van der Waals surface area (Å²) in [7, 11) is 0. The Balaban J connectivity index is 2.00. The predicted octanol–water partition coefficient (Wildman–Crippen LogP) is 2.20. The first-order valence-corrected chi connectivity index (χ1v) is 8.27. The highest BCUT2D eigenvalue weighted by Gasteiger charge is 2.27. The van der Waals surface area contributed by atoms with Gasteiger partial charge >= 0.3 is 0 Å². The fourth-order valence-electron chi connectivity index (χ4n) is 2.79. The molecule has 2 aromatic rings. The second-order valence-corrected chi connectivity index (χ2v) is 6.54. The summed E-state index contributed by atoms with van der Waals surface area (Å²) in [6.07, 6.45) is 2.92. The van der Waals surface area contributed by atoms with E-state index in [1.165, 1.54) is 0 Å². The van der Waals surface area contributed by atoms with Gasteiger partial charge in [-0.05, 0) is 44.4 Å². The fraction of sp³-hybridized carbons (Fsp3) is 0.375. The molecule has 116 valence electrons. The first-order chi connectivity index (χ1) is 10.6. The third-order valence-electron chi connectivity index (χ3n) is 3.93. The second kappa shape index (κ2) is 6.22. The molecule has 0 spiro atoms. The largest absolute Gasteiger partial charge is 0.347 e. The van der Waals surface area contributed by atoms with E-state index in [4.69, 9.17) is 5.73 Å². The van der Waals surface area contributed by atoms with Crippen molar-refractivity contribution in [3.05, 3.63) is 45.7 Å².